The van der Waals surface area contributed by atoms with Gasteiger partial charge < -0.3 is 23.9 Å². The zero-order valence-electron chi connectivity index (χ0n) is 40.2. The summed E-state index contributed by atoms with van der Waals surface area (Å²) in [4.78, 5) is 51.8. The van der Waals surface area contributed by atoms with Crippen LogP contribution in [0, 0.1) is 12.7 Å². The number of benzene rings is 2. The number of pyridine rings is 2. The number of carbonyl (C=O) groups is 2. The summed E-state index contributed by atoms with van der Waals surface area (Å²) in [5.74, 6) is 1.37. The van der Waals surface area contributed by atoms with Gasteiger partial charge in [0.2, 0.25) is 0 Å². The van der Waals surface area contributed by atoms with Crippen molar-refractivity contribution in [2.24, 2.45) is 5.10 Å². The number of carbonyl (C=O) groups excluding carboxylic acids is 2. The van der Waals surface area contributed by atoms with Crippen LogP contribution in [0.2, 0.25) is 0 Å². The van der Waals surface area contributed by atoms with Crippen LogP contribution in [0.1, 0.15) is 138 Å². The summed E-state index contributed by atoms with van der Waals surface area (Å²) < 4.78 is 21.6. The third-order valence-electron chi connectivity index (χ3n) is 14.2. The Labute approximate surface area is 410 Å². The highest BCUT2D eigenvalue weighted by atomic mass is 19.1. The number of hydrogen-bond donors (Lipinski definition) is 3. The molecule has 3 aliphatic heterocycles. The smallest absolute Gasteiger partial charge is 0.260 e. The number of hydrogen-bond acceptors (Lipinski definition) is 13. The predicted molar refractivity (Wildman–Crippen MR) is 266 cm³/mol. The van der Waals surface area contributed by atoms with E-state index in [1.807, 2.05) is 84.7 Å². The molecule has 71 heavy (non-hydrogen) atoms. The van der Waals surface area contributed by atoms with E-state index in [1.165, 1.54) is 25.3 Å². The van der Waals surface area contributed by atoms with Crippen molar-refractivity contribution in [2.75, 3.05) is 28.2 Å². The van der Waals surface area contributed by atoms with Crippen molar-refractivity contribution in [1.29, 1.82) is 0 Å². The van der Waals surface area contributed by atoms with Gasteiger partial charge in [0.15, 0.2) is 11.7 Å². The molecule has 0 spiro atoms. The molecule has 3 fully saturated rings. The lowest BCUT2D eigenvalue weighted by molar-refractivity contribution is 0.0993. The second-order valence-corrected chi connectivity index (χ2v) is 19.8. The SMILES string of the molecule is Cc1cc(F)c(C(=O)Nc2cc(CC(C)n3cnnc3-c3cccc(N4Cc5cc(N6CCCCC6)c(-n6cnc(C7CC7)c6)cc5C4=O)n3)cc(C3=NNNN3C(C)C)n2)cc1-n1cnc(C2CC2)c1. The highest BCUT2D eigenvalue weighted by molar-refractivity contribution is 6.10. The van der Waals surface area contributed by atoms with Crippen LogP contribution < -0.4 is 26.2 Å². The third kappa shape index (κ3) is 8.57. The third-order valence-corrected chi connectivity index (χ3v) is 14.2. The van der Waals surface area contributed by atoms with Gasteiger partial charge in [-0.15, -0.1) is 20.8 Å². The van der Waals surface area contributed by atoms with E-state index in [2.05, 4.69) is 58.4 Å². The maximum Gasteiger partial charge on any atom is 0.260 e. The number of aromatic nitrogens is 9. The normalized spacial score (nSPS) is 17.2. The largest absolute Gasteiger partial charge is 0.370 e. The van der Waals surface area contributed by atoms with E-state index in [9.17, 15) is 9.59 Å². The number of rotatable bonds is 14. The van der Waals surface area contributed by atoms with E-state index < -0.39 is 11.7 Å². The van der Waals surface area contributed by atoms with Gasteiger partial charge in [0, 0.05) is 55.0 Å². The van der Waals surface area contributed by atoms with Gasteiger partial charge in [0.05, 0.1) is 53.2 Å². The second-order valence-electron chi connectivity index (χ2n) is 19.8. The van der Waals surface area contributed by atoms with Gasteiger partial charge in [-0.3, -0.25) is 19.5 Å². The number of anilines is 3. The summed E-state index contributed by atoms with van der Waals surface area (Å²) in [6, 6.07) is 16.3. The molecule has 12 rings (SSSR count). The maximum absolute atomic E-state index is 15.7. The Morgan fingerprint density at radius 1 is 0.845 bits per heavy atom. The summed E-state index contributed by atoms with van der Waals surface area (Å²) in [6.07, 6.45) is 17.9. The van der Waals surface area contributed by atoms with Gasteiger partial charge >= 0.3 is 0 Å². The van der Waals surface area contributed by atoms with E-state index in [0.29, 0.717) is 70.5 Å². The van der Waals surface area contributed by atoms with Crippen LogP contribution in [0.5, 0.6) is 0 Å². The Balaban J connectivity index is 0.815. The second kappa shape index (κ2) is 17.9. The lowest BCUT2D eigenvalue weighted by Gasteiger charge is -2.31. The Morgan fingerprint density at radius 3 is 2.32 bits per heavy atom. The van der Waals surface area contributed by atoms with Crippen LogP contribution in [-0.4, -0.2) is 85.6 Å². The number of aryl methyl sites for hydroxylation is 1. The van der Waals surface area contributed by atoms with Gasteiger partial charge in [-0.05, 0) is 144 Å². The van der Waals surface area contributed by atoms with Crippen molar-refractivity contribution in [2.45, 2.75) is 110 Å². The number of piperidine rings is 1. The molecule has 5 aromatic heterocycles. The number of halogens is 1. The first-order chi connectivity index (χ1) is 34.5. The molecule has 1 unspecified atom stereocenters. The number of fused-ring (bicyclic) bond motifs is 1. The average Bonchev–Trinajstić information content (AvgIpc) is 4.00. The van der Waals surface area contributed by atoms with Crippen LogP contribution in [-0.2, 0) is 13.0 Å². The minimum atomic E-state index is -0.643. The van der Waals surface area contributed by atoms with Crippen LogP contribution in [0.25, 0.3) is 22.9 Å². The first-order valence-electron chi connectivity index (χ1n) is 24.7. The number of hydrazine groups is 2. The molecular weight excluding hydrogens is 900 g/mol. The molecule has 7 aromatic rings. The molecule has 3 N–H and O–H groups in total. The van der Waals surface area contributed by atoms with Crippen molar-refractivity contribution in [3.8, 4) is 22.9 Å². The zero-order chi connectivity index (χ0) is 48.5. The molecule has 2 amide bonds. The highest BCUT2D eigenvalue weighted by Gasteiger charge is 2.34. The standard InChI is InChI=1S/C52H55FN16O2/c1-30(2)69-50(61-62-63-69)41-19-33(20-47(57-41)59-51(70)38-23-44(31(3)17-39(38)53)65-25-42(54-27-65)34-11-12-34)18-32(4)68-29-56-60-49(68)40-9-8-10-48(58-40)67-24-36-21-45(64-15-6-5-7-16-64)46(22-37(36)52(67)71)66-26-43(55-28-66)35-13-14-35/h8-10,17,19-23,25-30,32,34-35,62-63H,5-7,11-16,18,24H2,1-4H3,(H,57,59,70). The van der Waals surface area contributed by atoms with Crippen LogP contribution in [0.4, 0.5) is 21.7 Å². The van der Waals surface area contributed by atoms with E-state index in [-0.39, 0.29) is 29.4 Å². The minimum Gasteiger partial charge on any atom is -0.370 e. The Bertz CT molecular complexity index is 3250. The molecule has 2 saturated carbocycles. The van der Waals surface area contributed by atoms with E-state index >= 15 is 4.39 Å². The molecule has 1 saturated heterocycles. The number of amidine groups is 1. The Kier molecular flexibility index (Phi) is 11.2. The molecular formula is C52H55FN16O2. The fraction of sp³-hybridized carbons (Fsp3) is 0.365. The highest BCUT2D eigenvalue weighted by Crippen LogP contribution is 2.42. The first-order valence-corrected chi connectivity index (χ1v) is 24.7. The summed E-state index contributed by atoms with van der Waals surface area (Å²) in [5.41, 5.74) is 14.8. The molecule has 5 aliphatic rings. The maximum atomic E-state index is 15.7. The molecule has 2 aromatic carbocycles. The summed E-state index contributed by atoms with van der Waals surface area (Å²) in [5, 5.41) is 18.1. The predicted octanol–water partition coefficient (Wildman–Crippen LogP) is 7.91. The lowest BCUT2D eigenvalue weighted by atomic mass is 10.0. The van der Waals surface area contributed by atoms with Gasteiger partial charge in [-0.25, -0.2) is 29.9 Å². The number of nitrogens with zero attached hydrogens (tertiary/aromatic N) is 13. The van der Waals surface area contributed by atoms with E-state index in [1.54, 1.807) is 29.7 Å². The molecule has 1 atom stereocenters. The molecule has 18 nitrogen and oxygen atoms in total. The first kappa shape index (κ1) is 44.4. The monoisotopic (exact) mass is 954 g/mol. The Hall–Kier alpha value is -7.80. The molecule has 0 radical (unpaired) electrons. The summed E-state index contributed by atoms with van der Waals surface area (Å²) in [7, 11) is 0. The number of nitrogens with one attached hydrogen (secondary N) is 3. The van der Waals surface area contributed by atoms with Gasteiger partial charge in [0.25, 0.3) is 11.8 Å². The molecule has 2 aliphatic carbocycles. The number of imidazole rings is 2. The molecule has 0 bridgehead atoms. The van der Waals surface area contributed by atoms with Crippen molar-refractivity contribution >= 4 is 35.0 Å². The van der Waals surface area contributed by atoms with Crippen LogP contribution in [0.15, 0.2) is 91.1 Å². The zero-order valence-corrected chi connectivity index (χ0v) is 40.2. The Morgan fingerprint density at radius 2 is 1.59 bits per heavy atom. The van der Waals surface area contributed by atoms with Crippen molar-refractivity contribution < 1.29 is 14.0 Å². The van der Waals surface area contributed by atoms with Gasteiger partial charge in [-0.1, -0.05) is 6.07 Å². The topological polar surface area (TPSA) is 184 Å². The number of amides is 2. The molecule has 8 heterocycles. The summed E-state index contributed by atoms with van der Waals surface area (Å²) >= 11 is 0. The molecule has 362 valence electrons. The van der Waals surface area contributed by atoms with Gasteiger partial charge in [-0.2, -0.15) is 0 Å². The quantitative estimate of drug-likeness (QED) is 0.0959. The average molecular weight is 955 g/mol. The van der Waals surface area contributed by atoms with Crippen LogP contribution in [0.3, 0.4) is 0 Å². The van der Waals surface area contributed by atoms with Crippen LogP contribution >= 0.6 is 0 Å². The minimum absolute atomic E-state index is 0.000293. The fourth-order valence-electron chi connectivity index (χ4n) is 10.1. The van der Waals surface area contributed by atoms with E-state index in [0.717, 1.165) is 72.7 Å². The van der Waals surface area contributed by atoms with E-state index in [4.69, 9.17) is 15.0 Å². The molecule has 19 heteroatoms. The summed E-state index contributed by atoms with van der Waals surface area (Å²) in [6.45, 7) is 10.2. The fourth-order valence-corrected chi connectivity index (χ4v) is 10.1. The van der Waals surface area contributed by atoms with Crippen molar-refractivity contribution in [3.05, 3.63) is 137 Å². The van der Waals surface area contributed by atoms with Crippen molar-refractivity contribution in [1.82, 2.24) is 59.9 Å². The lowest BCUT2D eigenvalue weighted by Crippen LogP contribution is -2.45. The van der Waals surface area contributed by atoms with Gasteiger partial charge in [0.1, 0.15) is 35.2 Å². The van der Waals surface area contributed by atoms with Crippen molar-refractivity contribution in [3.63, 3.8) is 0 Å². The number of hydrazone groups is 1.